The molecule has 1 saturated heterocycles. The molecule has 2 heterocycles. The number of hydrogen-bond donors (Lipinski definition) is 2. The van der Waals surface area contributed by atoms with E-state index in [9.17, 15) is 5.11 Å². The molecule has 0 aliphatic carbocycles. The summed E-state index contributed by atoms with van der Waals surface area (Å²) < 4.78 is 7.24. The molecule has 0 aromatic carbocycles. The first-order chi connectivity index (χ1) is 8.28. The maximum absolute atomic E-state index is 9.53. The highest BCUT2D eigenvalue weighted by Gasteiger charge is 2.31. The Hall–Kier alpha value is -0.910. The fourth-order valence-corrected chi connectivity index (χ4v) is 2.11. The molecule has 1 aromatic rings. The number of nitrogens with one attached hydrogen (secondary N) is 1. The van der Waals surface area contributed by atoms with Crippen LogP contribution in [0, 0.1) is 0 Å². The lowest BCUT2D eigenvalue weighted by Crippen LogP contribution is -2.51. The van der Waals surface area contributed by atoms with E-state index in [4.69, 9.17) is 4.74 Å². The third-order valence-electron chi connectivity index (χ3n) is 3.43. The molecule has 2 rings (SSSR count). The zero-order valence-corrected chi connectivity index (χ0v) is 10.4. The lowest BCUT2D eigenvalue weighted by molar-refractivity contribution is 0.0111. The van der Waals surface area contributed by atoms with Crippen molar-refractivity contribution in [2.45, 2.75) is 38.4 Å². The van der Waals surface area contributed by atoms with Gasteiger partial charge in [0.2, 0.25) is 0 Å². The van der Waals surface area contributed by atoms with Gasteiger partial charge < -0.3 is 15.2 Å². The van der Waals surface area contributed by atoms with E-state index in [0.29, 0.717) is 0 Å². The third kappa shape index (κ3) is 3.06. The van der Waals surface area contributed by atoms with E-state index in [1.54, 1.807) is 0 Å². The number of hydrogen-bond acceptors (Lipinski definition) is 4. The molecule has 96 valence electrons. The fraction of sp³-hybridized carbons (Fsp3) is 0.750. The lowest BCUT2D eigenvalue weighted by atomic mass is 9.91. The van der Waals surface area contributed by atoms with Gasteiger partial charge in [0.1, 0.15) is 0 Å². The smallest absolute Gasteiger partial charge is 0.0615 e. The van der Waals surface area contributed by atoms with Crippen LogP contribution in [-0.4, -0.2) is 40.2 Å². The van der Waals surface area contributed by atoms with Gasteiger partial charge in [0.05, 0.1) is 12.8 Å². The SMILES string of the molecule is CCn1cc(CNC2(CO)CCOCC2)cn1. The standard InChI is InChI=1S/C12H21N3O2/c1-2-15-9-11(8-14-15)7-13-12(10-16)3-5-17-6-4-12/h8-9,13,16H,2-7,10H2,1H3. The van der Waals surface area contributed by atoms with E-state index >= 15 is 0 Å². The van der Waals surface area contributed by atoms with Crippen molar-refractivity contribution in [2.24, 2.45) is 0 Å². The predicted molar refractivity (Wildman–Crippen MR) is 64.6 cm³/mol. The third-order valence-corrected chi connectivity index (χ3v) is 3.43. The molecule has 0 spiro atoms. The van der Waals surface area contributed by atoms with Crippen molar-refractivity contribution >= 4 is 0 Å². The summed E-state index contributed by atoms with van der Waals surface area (Å²) in [5.74, 6) is 0. The van der Waals surface area contributed by atoms with Gasteiger partial charge >= 0.3 is 0 Å². The van der Waals surface area contributed by atoms with Crippen LogP contribution in [0.4, 0.5) is 0 Å². The minimum Gasteiger partial charge on any atom is -0.394 e. The number of rotatable bonds is 5. The molecule has 0 atom stereocenters. The summed E-state index contributed by atoms with van der Waals surface area (Å²) in [5, 5.41) is 17.2. The van der Waals surface area contributed by atoms with E-state index < -0.39 is 0 Å². The Kier molecular flexibility index (Phi) is 4.15. The van der Waals surface area contributed by atoms with Crippen molar-refractivity contribution in [1.82, 2.24) is 15.1 Å². The van der Waals surface area contributed by atoms with Gasteiger partial charge in [-0.25, -0.2) is 0 Å². The number of nitrogens with zero attached hydrogens (tertiary/aromatic N) is 2. The summed E-state index contributed by atoms with van der Waals surface area (Å²) >= 11 is 0. The summed E-state index contributed by atoms with van der Waals surface area (Å²) in [5.41, 5.74) is 0.984. The van der Waals surface area contributed by atoms with Gasteiger partial charge in [0, 0.05) is 43.6 Å². The molecule has 0 saturated carbocycles. The maximum Gasteiger partial charge on any atom is 0.0615 e. The minimum absolute atomic E-state index is 0.165. The van der Waals surface area contributed by atoms with Crippen molar-refractivity contribution in [3.05, 3.63) is 18.0 Å². The molecule has 17 heavy (non-hydrogen) atoms. The first-order valence-electron chi connectivity index (χ1n) is 6.23. The summed E-state index contributed by atoms with van der Waals surface area (Å²) in [6.45, 7) is 5.32. The summed E-state index contributed by atoms with van der Waals surface area (Å²) in [7, 11) is 0. The fourth-order valence-electron chi connectivity index (χ4n) is 2.11. The Labute approximate surface area is 102 Å². The van der Waals surface area contributed by atoms with Gasteiger partial charge in [-0.3, -0.25) is 4.68 Å². The number of aliphatic hydroxyl groups is 1. The van der Waals surface area contributed by atoms with Crippen LogP contribution in [0.3, 0.4) is 0 Å². The normalized spacial score (nSPS) is 19.4. The average molecular weight is 239 g/mol. The highest BCUT2D eigenvalue weighted by molar-refractivity contribution is 5.05. The molecule has 1 aromatic heterocycles. The van der Waals surface area contributed by atoms with Crippen molar-refractivity contribution in [3.8, 4) is 0 Å². The maximum atomic E-state index is 9.53. The number of ether oxygens (including phenoxy) is 1. The summed E-state index contributed by atoms with van der Waals surface area (Å²) in [6, 6.07) is 0. The van der Waals surface area contributed by atoms with E-state index in [-0.39, 0.29) is 12.1 Å². The molecule has 0 unspecified atom stereocenters. The van der Waals surface area contributed by atoms with Crippen LogP contribution >= 0.6 is 0 Å². The Balaban J connectivity index is 1.90. The number of aryl methyl sites for hydroxylation is 1. The van der Waals surface area contributed by atoms with Crippen LogP contribution < -0.4 is 5.32 Å². The Bertz CT molecular complexity index is 345. The van der Waals surface area contributed by atoms with Crippen molar-refractivity contribution in [3.63, 3.8) is 0 Å². The van der Waals surface area contributed by atoms with E-state index in [2.05, 4.69) is 17.3 Å². The second kappa shape index (κ2) is 5.62. The van der Waals surface area contributed by atoms with Gasteiger partial charge in [-0.15, -0.1) is 0 Å². The van der Waals surface area contributed by atoms with Gasteiger partial charge in [0.15, 0.2) is 0 Å². The van der Waals surface area contributed by atoms with Gasteiger partial charge in [-0.05, 0) is 19.8 Å². The van der Waals surface area contributed by atoms with Crippen LogP contribution in [0.15, 0.2) is 12.4 Å². The first-order valence-corrected chi connectivity index (χ1v) is 6.23. The molecule has 1 fully saturated rings. The van der Waals surface area contributed by atoms with Crippen LogP contribution in [-0.2, 0) is 17.8 Å². The van der Waals surface area contributed by atoms with Gasteiger partial charge in [-0.2, -0.15) is 5.10 Å². The van der Waals surface area contributed by atoms with Crippen molar-refractivity contribution in [2.75, 3.05) is 19.8 Å². The lowest BCUT2D eigenvalue weighted by Gasteiger charge is -2.36. The van der Waals surface area contributed by atoms with Gasteiger partial charge in [-0.1, -0.05) is 0 Å². The zero-order chi connectivity index (χ0) is 12.1. The molecule has 1 aliphatic heterocycles. The van der Waals surface area contributed by atoms with Crippen LogP contribution in [0.1, 0.15) is 25.3 Å². The zero-order valence-electron chi connectivity index (χ0n) is 10.4. The largest absolute Gasteiger partial charge is 0.394 e. The summed E-state index contributed by atoms with van der Waals surface area (Å²) in [4.78, 5) is 0. The van der Waals surface area contributed by atoms with Crippen molar-refractivity contribution < 1.29 is 9.84 Å². The van der Waals surface area contributed by atoms with E-state index in [1.165, 1.54) is 0 Å². The quantitative estimate of drug-likeness (QED) is 0.787. The molecular weight excluding hydrogens is 218 g/mol. The van der Waals surface area contributed by atoms with E-state index in [0.717, 1.165) is 44.7 Å². The van der Waals surface area contributed by atoms with Crippen molar-refractivity contribution in [1.29, 1.82) is 0 Å². The molecule has 5 nitrogen and oxygen atoms in total. The summed E-state index contributed by atoms with van der Waals surface area (Å²) in [6.07, 6.45) is 5.65. The average Bonchev–Trinajstić information content (AvgIpc) is 2.85. The molecule has 1 aliphatic rings. The highest BCUT2D eigenvalue weighted by Crippen LogP contribution is 2.20. The van der Waals surface area contributed by atoms with Crippen LogP contribution in [0.5, 0.6) is 0 Å². The second-order valence-electron chi connectivity index (χ2n) is 4.61. The van der Waals surface area contributed by atoms with Crippen LogP contribution in [0.25, 0.3) is 0 Å². The Morgan fingerprint density at radius 3 is 2.88 bits per heavy atom. The minimum atomic E-state index is -0.174. The molecule has 0 amide bonds. The predicted octanol–water partition coefficient (Wildman–Crippen LogP) is 0.534. The number of aromatic nitrogens is 2. The molecule has 2 N–H and O–H groups in total. The molecule has 0 radical (unpaired) electrons. The van der Waals surface area contributed by atoms with Gasteiger partial charge in [0.25, 0.3) is 0 Å². The monoisotopic (exact) mass is 239 g/mol. The first kappa shape index (κ1) is 12.5. The highest BCUT2D eigenvalue weighted by atomic mass is 16.5. The van der Waals surface area contributed by atoms with E-state index in [1.807, 2.05) is 17.1 Å². The van der Waals surface area contributed by atoms with Crippen LogP contribution in [0.2, 0.25) is 0 Å². The molecular formula is C12H21N3O2. The Morgan fingerprint density at radius 1 is 1.53 bits per heavy atom. The number of aliphatic hydroxyl groups excluding tert-OH is 1. The molecule has 5 heteroatoms. The second-order valence-corrected chi connectivity index (χ2v) is 4.61. The topological polar surface area (TPSA) is 59.3 Å². The molecule has 0 bridgehead atoms. The Morgan fingerprint density at radius 2 is 2.29 bits per heavy atom.